The van der Waals surface area contributed by atoms with Crippen LogP contribution in [-0.2, 0) is 16.7 Å². The maximum Gasteiger partial charge on any atom is 0.156 e. The third kappa shape index (κ3) is 3.30. The Kier molecular flexibility index (Phi) is 3.77. The lowest BCUT2D eigenvalue weighted by atomic mass is 9.96. The van der Waals surface area contributed by atoms with Gasteiger partial charge in [-0.15, -0.1) is 0 Å². The fourth-order valence-corrected chi connectivity index (χ4v) is 2.36. The molecule has 2 aromatic rings. The van der Waals surface area contributed by atoms with Crippen LogP contribution in [0.5, 0.6) is 0 Å². The average Bonchev–Trinajstić information content (AvgIpc) is 3.09. The molecule has 3 rings (SSSR count). The average molecular weight is 290 g/mol. The molecule has 2 N–H and O–H groups in total. The van der Waals surface area contributed by atoms with Gasteiger partial charge in [-0.25, -0.2) is 9.97 Å². The maximum absolute atomic E-state index is 5.83. The van der Waals surface area contributed by atoms with Crippen molar-refractivity contribution in [3.8, 4) is 0 Å². The summed E-state index contributed by atoms with van der Waals surface area (Å²) in [7, 11) is 0. The molecule has 0 aliphatic carbocycles. The van der Waals surface area contributed by atoms with E-state index in [1.54, 1.807) is 6.20 Å². The van der Waals surface area contributed by atoms with Crippen LogP contribution in [0.3, 0.4) is 0 Å². The second-order valence-electron chi connectivity index (χ2n) is 6.42. The Bertz CT molecular complexity index is 571. The summed E-state index contributed by atoms with van der Waals surface area (Å²) < 4.78 is 5.83. The topological polar surface area (TPSA) is 82.7 Å². The van der Waals surface area contributed by atoms with Crippen molar-refractivity contribution in [1.29, 1.82) is 0 Å². The van der Waals surface area contributed by atoms with E-state index in [-0.39, 0.29) is 11.5 Å². The first-order chi connectivity index (χ1) is 10.0. The Labute approximate surface area is 124 Å². The largest absolute Gasteiger partial charge is 0.368 e. The molecule has 7 heteroatoms. The molecule has 0 unspecified atom stereocenters. The van der Waals surface area contributed by atoms with Crippen LogP contribution in [0.25, 0.3) is 0 Å². The SMILES string of the molecule is CC(C)(C)c1n[nH]c([C@H]2CN(Cc3ncc[nH]3)CCO2)n1. The van der Waals surface area contributed by atoms with Crippen molar-refractivity contribution in [3.63, 3.8) is 0 Å². The summed E-state index contributed by atoms with van der Waals surface area (Å²) in [5, 5.41) is 7.34. The van der Waals surface area contributed by atoms with Crippen molar-refractivity contribution in [3.05, 3.63) is 29.9 Å². The molecule has 114 valence electrons. The van der Waals surface area contributed by atoms with Gasteiger partial charge < -0.3 is 9.72 Å². The van der Waals surface area contributed by atoms with E-state index in [0.29, 0.717) is 6.61 Å². The van der Waals surface area contributed by atoms with Crippen LogP contribution in [0, 0.1) is 0 Å². The molecule has 0 aromatic carbocycles. The number of rotatable bonds is 3. The van der Waals surface area contributed by atoms with Gasteiger partial charge in [0.25, 0.3) is 0 Å². The van der Waals surface area contributed by atoms with Crippen LogP contribution in [0.4, 0.5) is 0 Å². The van der Waals surface area contributed by atoms with Crippen LogP contribution in [0.15, 0.2) is 12.4 Å². The fourth-order valence-electron chi connectivity index (χ4n) is 2.36. The third-order valence-corrected chi connectivity index (χ3v) is 3.56. The van der Waals surface area contributed by atoms with E-state index >= 15 is 0 Å². The van der Waals surface area contributed by atoms with Gasteiger partial charge in [0.05, 0.1) is 13.2 Å². The lowest BCUT2D eigenvalue weighted by Gasteiger charge is -2.31. The third-order valence-electron chi connectivity index (χ3n) is 3.56. The first-order valence-electron chi connectivity index (χ1n) is 7.27. The molecule has 0 radical (unpaired) electrons. The Morgan fingerprint density at radius 1 is 1.43 bits per heavy atom. The van der Waals surface area contributed by atoms with Gasteiger partial charge in [0.2, 0.25) is 0 Å². The number of aromatic amines is 2. The van der Waals surface area contributed by atoms with Crippen molar-refractivity contribution in [2.75, 3.05) is 19.7 Å². The molecule has 1 saturated heterocycles. The van der Waals surface area contributed by atoms with Gasteiger partial charge in [-0.05, 0) is 0 Å². The fraction of sp³-hybridized carbons (Fsp3) is 0.643. The van der Waals surface area contributed by atoms with E-state index in [0.717, 1.165) is 37.1 Å². The minimum Gasteiger partial charge on any atom is -0.368 e. The van der Waals surface area contributed by atoms with Crippen molar-refractivity contribution < 1.29 is 4.74 Å². The number of imidazole rings is 1. The zero-order valence-corrected chi connectivity index (χ0v) is 12.8. The predicted molar refractivity (Wildman–Crippen MR) is 77.6 cm³/mol. The minimum atomic E-state index is -0.0583. The molecule has 7 nitrogen and oxygen atoms in total. The van der Waals surface area contributed by atoms with Crippen molar-refractivity contribution in [1.82, 2.24) is 30.0 Å². The summed E-state index contributed by atoms with van der Waals surface area (Å²) >= 11 is 0. The number of morpholine rings is 1. The van der Waals surface area contributed by atoms with Gasteiger partial charge in [-0.3, -0.25) is 10.00 Å². The highest BCUT2D eigenvalue weighted by Gasteiger charge is 2.27. The van der Waals surface area contributed by atoms with Gasteiger partial charge in [0.1, 0.15) is 11.9 Å². The summed E-state index contributed by atoms with van der Waals surface area (Å²) in [5.74, 6) is 2.61. The molecule has 0 spiro atoms. The maximum atomic E-state index is 5.83. The van der Waals surface area contributed by atoms with Gasteiger partial charge in [0, 0.05) is 30.9 Å². The Morgan fingerprint density at radius 3 is 2.95 bits per heavy atom. The number of ether oxygens (including phenoxy) is 1. The molecule has 0 saturated carbocycles. The highest BCUT2D eigenvalue weighted by molar-refractivity contribution is 5.04. The van der Waals surface area contributed by atoms with Gasteiger partial charge >= 0.3 is 0 Å². The van der Waals surface area contributed by atoms with Gasteiger partial charge in [-0.1, -0.05) is 20.8 Å². The van der Waals surface area contributed by atoms with E-state index in [1.807, 2.05) is 6.20 Å². The second-order valence-corrected chi connectivity index (χ2v) is 6.42. The molecule has 1 aliphatic rings. The Hall–Kier alpha value is -1.73. The van der Waals surface area contributed by atoms with E-state index in [9.17, 15) is 0 Å². The smallest absolute Gasteiger partial charge is 0.156 e. The van der Waals surface area contributed by atoms with E-state index in [2.05, 4.69) is 50.8 Å². The number of H-pyrrole nitrogens is 2. The van der Waals surface area contributed by atoms with E-state index in [1.165, 1.54) is 0 Å². The quantitative estimate of drug-likeness (QED) is 0.893. The van der Waals surface area contributed by atoms with Crippen molar-refractivity contribution in [2.24, 2.45) is 0 Å². The summed E-state index contributed by atoms with van der Waals surface area (Å²) in [6.07, 6.45) is 3.57. The molecule has 21 heavy (non-hydrogen) atoms. The zero-order valence-electron chi connectivity index (χ0n) is 12.8. The van der Waals surface area contributed by atoms with E-state index in [4.69, 9.17) is 4.74 Å². The highest BCUT2D eigenvalue weighted by atomic mass is 16.5. The Balaban J connectivity index is 1.67. The number of hydrogen-bond acceptors (Lipinski definition) is 5. The van der Waals surface area contributed by atoms with Crippen LogP contribution in [0.2, 0.25) is 0 Å². The molecule has 1 fully saturated rings. The normalized spacial score (nSPS) is 20.8. The molecular weight excluding hydrogens is 268 g/mol. The standard InChI is InChI=1S/C14H22N6O/c1-14(2,3)13-17-12(18-19-13)10-8-20(6-7-21-10)9-11-15-4-5-16-11/h4-5,10H,6-9H2,1-3H3,(H,15,16)(H,17,18,19)/t10-/m1/s1. The summed E-state index contributed by atoms with van der Waals surface area (Å²) in [4.78, 5) is 14.3. The first kappa shape index (κ1) is 14.2. The molecule has 3 heterocycles. The summed E-state index contributed by atoms with van der Waals surface area (Å²) in [6, 6.07) is 0. The van der Waals surface area contributed by atoms with Gasteiger partial charge in [0.15, 0.2) is 11.6 Å². The van der Waals surface area contributed by atoms with Crippen molar-refractivity contribution >= 4 is 0 Å². The molecule has 0 amide bonds. The minimum absolute atomic E-state index is 0.0580. The zero-order chi connectivity index (χ0) is 14.9. The van der Waals surface area contributed by atoms with Crippen LogP contribution >= 0.6 is 0 Å². The molecular formula is C14H22N6O. The first-order valence-corrected chi connectivity index (χ1v) is 7.27. The predicted octanol–water partition coefficient (Wildman–Crippen LogP) is 1.40. The van der Waals surface area contributed by atoms with Crippen LogP contribution < -0.4 is 0 Å². The van der Waals surface area contributed by atoms with Gasteiger partial charge in [-0.2, -0.15) is 5.10 Å². The number of nitrogens with one attached hydrogen (secondary N) is 2. The summed E-state index contributed by atoms with van der Waals surface area (Å²) in [6.45, 7) is 9.49. The Morgan fingerprint density at radius 2 is 2.29 bits per heavy atom. The highest BCUT2D eigenvalue weighted by Crippen LogP contribution is 2.23. The molecule has 1 atom stereocenters. The second kappa shape index (κ2) is 5.57. The van der Waals surface area contributed by atoms with Crippen LogP contribution in [0.1, 0.15) is 44.3 Å². The number of aromatic nitrogens is 5. The molecule has 2 aromatic heterocycles. The van der Waals surface area contributed by atoms with Crippen LogP contribution in [-0.4, -0.2) is 49.7 Å². The summed E-state index contributed by atoms with van der Waals surface area (Å²) in [5.41, 5.74) is -0.0583. The monoisotopic (exact) mass is 290 g/mol. The number of hydrogen-bond donors (Lipinski definition) is 2. The van der Waals surface area contributed by atoms with Crippen molar-refractivity contribution in [2.45, 2.75) is 38.8 Å². The number of nitrogens with zero attached hydrogens (tertiary/aromatic N) is 4. The van der Waals surface area contributed by atoms with E-state index < -0.39 is 0 Å². The molecule has 1 aliphatic heterocycles. The lowest BCUT2D eigenvalue weighted by Crippen LogP contribution is -2.38. The molecule has 0 bridgehead atoms. The lowest BCUT2D eigenvalue weighted by molar-refractivity contribution is -0.0377.